The lowest BCUT2D eigenvalue weighted by Crippen LogP contribution is -2.44. The van der Waals surface area contributed by atoms with Crippen molar-refractivity contribution in [3.8, 4) is 0 Å². The van der Waals surface area contributed by atoms with Crippen LogP contribution in [0.3, 0.4) is 0 Å². The van der Waals surface area contributed by atoms with E-state index in [9.17, 15) is 9.59 Å². The summed E-state index contributed by atoms with van der Waals surface area (Å²) in [5.74, 6) is 0.0684. The van der Waals surface area contributed by atoms with E-state index >= 15 is 0 Å². The summed E-state index contributed by atoms with van der Waals surface area (Å²) in [7, 11) is 0. The second kappa shape index (κ2) is 4.75. The first-order valence-corrected chi connectivity index (χ1v) is 4.59. The number of imide groups is 1. The molecular weight excluding hydrogens is 250 g/mol. The van der Waals surface area contributed by atoms with Crippen LogP contribution >= 0.6 is 17.0 Å². The Balaban J connectivity index is 0.000000980. The number of halogens is 1. The zero-order valence-electron chi connectivity index (χ0n) is 7.71. The van der Waals surface area contributed by atoms with Crippen molar-refractivity contribution in [3.05, 3.63) is 0 Å². The SMILES string of the molecule is Br.O=C1NC(=O)C(C2CCCNC2)N1. The van der Waals surface area contributed by atoms with E-state index in [1.165, 1.54) is 0 Å². The molecule has 2 unspecified atom stereocenters. The van der Waals surface area contributed by atoms with Crippen molar-refractivity contribution < 1.29 is 9.59 Å². The lowest BCUT2D eigenvalue weighted by atomic mass is 9.92. The van der Waals surface area contributed by atoms with Crippen molar-refractivity contribution in [1.29, 1.82) is 0 Å². The summed E-state index contributed by atoms with van der Waals surface area (Å²) >= 11 is 0. The number of carbonyl (C=O) groups is 2. The smallest absolute Gasteiger partial charge is 0.322 e. The molecule has 14 heavy (non-hydrogen) atoms. The Bertz CT molecular complexity index is 241. The molecule has 5 nitrogen and oxygen atoms in total. The Kier molecular flexibility index (Phi) is 3.88. The maximum Gasteiger partial charge on any atom is 0.322 e. The largest absolute Gasteiger partial charge is 0.326 e. The lowest BCUT2D eigenvalue weighted by Gasteiger charge is -2.25. The van der Waals surface area contributed by atoms with Crippen LogP contribution in [0.2, 0.25) is 0 Å². The van der Waals surface area contributed by atoms with E-state index in [1.54, 1.807) is 0 Å². The number of nitrogens with one attached hydrogen (secondary N) is 3. The van der Waals surface area contributed by atoms with Crippen LogP contribution in [0.25, 0.3) is 0 Å². The minimum absolute atomic E-state index is 0. The van der Waals surface area contributed by atoms with Crippen molar-refractivity contribution in [2.75, 3.05) is 13.1 Å². The predicted molar refractivity (Wildman–Crippen MR) is 56.4 cm³/mol. The molecule has 0 aromatic heterocycles. The van der Waals surface area contributed by atoms with Crippen LogP contribution in [0.5, 0.6) is 0 Å². The highest BCUT2D eigenvalue weighted by Crippen LogP contribution is 2.16. The van der Waals surface area contributed by atoms with Gasteiger partial charge in [-0.2, -0.15) is 0 Å². The van der Waals surface area contributed by atoms with E-state index in [4.69, 9.17) is 0 Å². The third-order valence-electron chi connectivity index (χ3n) is 2.61. The molecule has 0 spiro atoms. The summed E-state index contributed by atoms with van der Waals surface area (Å²) in [6.07, 6.45) is 2.08. The fourth-order valence-electron chi connectivity index (χ4n) is 1.93. The number of piperidine rings is 1. The van der Waals surface area contributed by atoms with Gasteiger partial charge in [-0.15, -0.1) is 17.0 Å². The van der Waals surface area contributed by atoms with Gasteiger partial charge in [-0.3, -0.25) is 10.1 Å². The second-order valence-corrected chi connectivity index (χ2v) is 3.55. The summed E-state index contributed by atoms with van der Waals surface area (Å²) in [5.41, 5.74) is 0. The van der Waals surface area contributed by atoms with Crippen LogP contribution in [0.15, 0.2) is 0 Å². The molecule has 3 amide bonds. The monoisotopic (exact) mass is 263 g/mol. The van der Waals surface area contributed by atoms with E-state index < -0.39 is 0 Å². The first kappa shape index (κ1) is 11.5. The van der Waals surface area contributed by atoms with Crippen molar-refractivity contribution in [2.24, 2.45) is 5.92 Å². The number of hydrogen-bond acceptors (Lipinski definition) is 3. The average molecular weight is 264 g/mol. The van der Waals surface area contributed by atoms with E-state index in [0.717, 1.165) is 25.9 Å². The Hall–Kier alpha value is -0.620. The molecule has 2 atom stereocenters. The fourth-order valence-corrected chi connectivity index (χ4v) is 1.93. The fraction of sp³-hybridized carbons (Fsp3) is 0.750. The maximum atomic E-state index is 11.3. The molecule has 2 heterocycles. The summed E-state index contributed by atoms with van der Waals surface area (Å²) < 4.78 is 0. The van der Waals surface area contributed by atoms with Gasteiger partial charge in [0.05, 0.1) is 0 Å². The van der Waals surface area contributed by atoms with Crippen LogP contribution < -0.4 is 16.0 Å². The number of carbonyl (C=O) groups excluding carboxylic acids is 2. The molecule has 2 fully saturated rings. The lowest BCUT2D eigenvalue weighted by molar-refractivity contribution is -0.121. The van der Waals surface area contributed by atoms with Gasteiger partial charge < -0.3 is 10.6 Å². The molecule has 2 saturated heterocycles. The van der Waals surface area contributed by atoms with Gasteiger partial charge in [-0.1, -0.05) is 0 Å². The summed E-state index contributed by atoms with van der Waals surface area (Å²) in [4.78, 5) is 22.1. The van der Waals surface area contributed by atoms with Crippen LogP contribution in [0, 0.1) is 5.92 Å². The topological polar surface area (TPSA) is 70.2 Å². The molecule has 6 heteroatoms. The molecule has 0 radical (unpaired) electrons. The highest BCUT2D eigenvalue weighted by atomic mass is 79.9. The predicted octanol–water partition coefficient (Wildman–Crippen LogP) is -0.228. The van der Waals surface area contributed by atoms with Crippen LogP contribution in [0.1, 0.15) is 12.8 Å². The molecule has 2 aliphatic rings. The van der Waals surface area contributed by atoms with E-state index in [-0.39, 0.29) is 40.9 Å². The molecule has 2 aliphatic heterocycles. The average Bonchev–Trinajstić information content (AvgIpc) is 2.47. The summed E-state index contributed by atoms with van der Waals surface area (Å²) in [5, 5.41) is 8.10. The van der Waals surface area contributed by atoms with E-state index in [2.05, 4.69) is 16.0 Å². The zero-order valence-corrected chi connectivity index (χ0v) is 9.42. The summed E-state index contributed by atoms with van der Waals surface area (Å²) in [6, 6.07) is -0.680. The zero-order chi connectivity index (χ0) is 9.26. The Morgan fingerprint density at radius 1 is 1.29 bits per heavy atom. The first-order chi connectivity index (χ1) is 6.27. The maximum absolute atomic E-state index is 11.3. The van der Waals surface area contributed by atoms with E-state index in [1.807, 2.05) is 0 Å². The van der Waals surface area contributed by atoms with Gasteiger partial charge in [0.2, 0.25) is 0 Å². The third kappa shape index (κ3) is 2.24. The molecular formula is C8H14BrN3O2. The molecule has 0 aromatic carbocycles. The molecule has 0 aromatic rings. The van der Waals surface area contributed by atoms with Crippen molar-refractivity contribution in [1.82, 2.24) is 16.0 Å². The van der Waals surface area contributed by atoms with Crippen molar-refractivity contribution in [3.63, 3.8) is 0 Å². The van der Waals surface area contributed by atoms with Crippen LogP contribution in [-0.2, 0) is 4.79 Å². The van der Waals surface area contributed by atoms with E-state index in [0.29, 0.717) is 0 Å². The van der Waals surface area contributed by atoms with Gasteiger partial charge in [-0.05, 0) is 19.4 Å². The number of amides is 3. The molecule has 2 rings (SSSR count). The number of urea groups is 1. The molecule has 0 saturated carbocycles. The first-order valence-electron chi connectivity index (χ1n) is 4.59. The highest BCUT2D eigenvalue weighted by molar-refractivity contribution is 8.93. The van der Waals surface area contributed by atoms with Crippen molar-refractivity contribution in [2.45, 2.75) is 18.9 Å². The van der Waals surface area contributed by atoms with Crippen molar-refractivity contribution >= 4 is 28.9 Å². The van der Waals surface area contributed by atoms with Gasteiger partial charge in [0.1, 0.15) is 6.04 Å². The molecule has 0 aliphatic carbocycles. The van der Waals surface area contributed by atoms with Gasteiger partial charge in [0.25, 0.3) is 5.91 Å². The Morgan fingerprint density at radius 2 is 2.07 bits per heavy atom. The van der Waals surface area contributed by atoms with Gasteiger partial charge >= 0.3 is 6.03 Å². The number of hydrogen-bond donors (Lipinski definition) is 3. The van der Waals surface area contributed by atoms with Gasteiger partial charge in [0.15, 0.2) is 0 Å². The molecule has 80 valence electrons. The standard InChI is InChI=1S/C8H13N3O2.BrH/c12-7-6(10-8(13)11-7)5-2-1-3-9-4-5;/h5-6,9H,1-4H2,(H2,10,11,12,13);1H. The van der Waals surface area contributed by atoms with Crippen LogP contribution in [0.4, 0.5) is 4.79 Å². The minimum Gasteiger partial charge on any atom is -0.326 e. The molecule has 3 N–H and O–H groups in total. The second-order valence-electron chi connectivity index (χ2n) is 3.55. The normalized spacial score (nSPS) is 31.7. The van der Waals surface area contributed by atoms with Gasteiger partial charge in [-0.25, -0.2) is 4.79 Å². The highest BCUT2D eigenvalue weighted by Gasteiger charge is 2.36. The Morgan fingerprint density at radius 3 is 2.57 bits per heavy atom. The van der Waals surface area contributed by atoms with Crippen LogP contribution in [-0.4, -0.2) is 31.1 Å². The quantitative estimate of drug-likeness (QED) is 0.573. The Labute approximate surface area is 92.8 Å². The number of rotatable bonds is 1. The summed E-state index contributed by atoms with van der Waals surface area (Å²) in [6.45, 7) is 1.83. The third-order valence-corrected chi connectivity index (χ3v) is 2.61. The van der Waals surface area contributed by atoms with Gasteiger partial charge in [0, 0.05) is 12.5 Å². The molecule has 0 bridgehead atoms. The minimum atomic E-state index is -0.361.